The summed E-state index contributed by atoms with van der Waals surface area (Å²) in [6, 6.07) is 17.3. The average molecular weight is 781 g/mol. The van der Waals surface area contributed by atoms with Crippen LogP contribution in [0.15, 0.2) is 76.7 Å². The minimum atomic E-state index is -2.25. The van der Waals surface area contributed by atoms with Gasteiger partial charge in [-0.1, -0.05) is 36.4 Å². The van der Waals surface area contributed by atoms with Crippen molar-refractivity contribution in [2.75, 3.05) is 27.2 Å². The van der Waals surface area contributed by atoms with Gasteiger partial charge in [-0.25, -0.2) is 18.0 Å². The number of aromatic nitrogens is 3. The van der Waals surface area contributed by atoms with Crippen LogP contribution in [0.4, 0.5) is 26.7 Å². The van der Waals surface area contributed by atoms with Gasteiger partial charge in [0, 0.05) is 41.5 Å². The fourth-order valence-corrected chi connectivity index (χ4v) is 6.53. The number of unbranched alkanes of at least 4 members (excludes halogenated alkanes) is 2. The number of fused-ring (bicyclic) bond motifs is 1. The molecular weight excluding hydrogens is 744 g/mol. The molecule has 0 radical (unpaired) electrons. The first-order valence-electron chi connectivity index (χ1n) is 17.2. The minimum absolute atomic E-state index is 0.234. The molecule has 0 aliphatic rings. The van der Waals surface area contributed by atoms with Crippen LogP contribution in [-0.4, -0.2) is 70.8 Å². The van der Waals surface area contributed by atoms with Crippen molar-refractivity contribution in [2.45, 2.75) is 48.4 Å². The van der Waals surface area contributed by atoms with E-state index in [1.807, 2.05) is 36.4 Å². The molecule has 2 N–H and O–H groups in total. The molecule has 3 aromatic carbocycles. The van der Waals surface area contributed by atoms with E-state index in [0.29, 0.717) is 52.0 Å². The molecule has 5 rings (SSSR count). The molecule has 2 aromatic heterocycles. The molecule has 0 bridgehead atoms. The third kappa shape index (κ3) is 9.86. The second-order valence-electron chi connectivity index (χ2n) is 12.4. The van der Waals surface area contributed by atoms with E-state index in [4.69, 9.17) is 4.74 Å². The molecule has 2 heterocycles. The third-order valence-corrected chi connectivity index (χ3v) is 9.43. The van der Waals surface area contributed by atoms with Crippen LogP contribution in [0.3, 0.4) is 0 Å². The topological polar surface area (TPSA) is 118 Å². The van der Waals surface area contributed by atoms with E-state index in [-0.39, 0.29) is 31.5 Å². The second-order valence-corrected chi connectivity index (χ2v) is 13.6. The highest BCUT2D eigenvalue weighted by Crippen LogP contribution is 2.34. The molecule has 0 spiro atoms. The van der Waals surface area contributed by atoms with Crippen LogP contribution in [0.2, 0.25) is 0 Å². The van der Waals surface area contributed by atoms with Gasteiger partial charge in [-0.2, -0.15) is 18.6 Å². The Balaban J connectivity index is 1.21. The Morgan fingerprint density at radius 1 is 0.909 bits per heavy atom. The Morgan fingerprint density at radius 2 is 1.62 bits per heavy atom. The van der Waals surface area contributed by atoms with Crippen molar-refractivity contribution in [2.24, 2.45) is 0 Å². The first kappa shape index (κ1) is 40.4. The number of hydrogen-bond donors (Lipinski definition) is 2. The molecule has 288 valence electrons. The fourth-order valence-electron chi connectivity index (χ4n) is 5.55. The summed E-state index contributed by atoms with van der Waals surface area (Å²) in [5.74, 6) is -12.4. The molecular formula is C39H37F5N6O4S. The lowest BCUT2D eigenvalue weighted by atomic mass is 10.1. The summed E-state index contributed by atoms with van der Waals surface area (Å²) in [5.41, 5.74) is 2.17. The normalized spacial score (nSPS) is 11.9. The number of nitrogens with zero attached hydrogens (tertiary/aromatic N) is 4. The van der Waals surface area contributed by atoms with Gasteiger partial charge < -0.3 is 20.3 Å². The lowest BCUT2D eigenvalue weighted by Gasteiger charge is -2.19. The average Bonchev–Trinajstić information content (AvgIpc) is 3.55. The number of rotatable bonds is 15. The van der Waals surface area contributed by atoms with E-state index in [0.717, 1.165) is 4.90 Å². The molecule has 0 saturated heterocycles. The van der Waals surface area contributed by atoms with Crippen molar-refractivity contribution in [3.05, 3.63) is 113 Å². The Labute approximate surface area is 317 Å². The highest BCUT2D eigenvalue weighted by atomic mass is 32.2. The molecule has 1 unspecified atom stereocenters. The molecule has 16 heteroatoms. The van der Waals surface area contributed by atoms with E-state index in [1.54, 1.807) is 56.6 Å². The lowest BCUT2D eigenvalue weighted by Crippen LogP contribution is -2.43. The Kier molecular flexibility index (Phi) is 13.6. The number of carbonyl (C=O) groups is 3. The molecule has 0 aliphatic carbocycles. The fraction of sp³-hybridized carbons (Fsp3) is 0.256. The van der Waals surface area contributed by atoms with Crippen LogP contribution < -0.4 is 15.4 Å². The highest BCUT2D eigenvalue weighted by Gasteiger charge is 2.27. The van der Waals surface area contributed by atoms with Crippen molar-refractivity contribution in [1.29, 1.82) is 0 Å². The number of ether oxygens (including phenoxy) is 1. The molecule has 5 aromatic rings. The summed E-state index contributed by atoms with van der Waals surface area (Å²) in [6.45, 7) is 1.21. The van der Waals surface area contributed by atoms with Crippen LogP contribution in [0.25, 0.3) is 23.1 Å². The minimum Gasteiger partial charge on any atom is -0.487 e. The van der Waals surface area contributed by atoms with Gasteiger partial charge in [0.1, 0.15) is 6.54 Å². The maximum absolute atomic E-state index is 13.8. The van der Waals surface area contributed by atoms with E-state index < -0.39 is 46.8 Å². The Morgan fingerprint density at radius 3 is 2.33 bits per heavy atom. The zero-order valence-electron chi connectivity index (χ0n) is 30.0. The number of amides is 3. The third-order valence-electron chi connectivity index (χ3n) is 8.36. The van der Waals surface area contributed by atoms with Crippen molar-refractivity contribution in [3.8, 4) is 5.75 Å². The molecule has 0 saturated carbocycles. The predicted octanol–water partition coefficient (Wildman–Crippen LogP) is 7.85. The zero-order valence-corrected chi connectivity index (χ0v) is 30.9. The quantitative estimate of drug-likeness (QED) is 0.0481. The van der Waals surface area contributed by atoms with E-state index in [2.05, 4.69) is 20.7 Å². The van der Waals surface area contributed by atoms with Crippen molar-refractivity contribution in [3.63, 3.8) is 0 Å². The van der Waals surface area contributed by atoms with Crippen molar-refractivity contribution >= 4 is 52.7 Å². The summed E-state index contributed by atoms with van der Waals surface area (Å²) in [5, 5.41) is 10.8. The van der Waals surface area contributed by atoms with Crippen LogP contribution in [0.1, 0.15) is 54.4 Å². The van der Waals surface area contributed by atoms with Crippen molar-refractivity contribution < 1.29 is 41.1 Å². The van der Waals surface area contributed by atoms with Gasteiger partial charge in [0.25, 0.3) is 5.91 Å². The predicted molar refractivity (Wildman–Crippen MR) is 198 cm³/mol. The van der Waals surface area contributed by atoms with Crippen molar-refractivity contribution in [1.82, 2.24) is 30.3 Å². The monoisotopic (exact) mass is 780 g/mol. The number of likely N-dealkylation sites (N-methyl/N-ethyl adjacent to an activating group) is 1. The van der Waals surface area contributed by atoms with Gasteiger partial charge in [-0.05, 0) is 80.8 Å². The lowest BCUT2D eigenvalue weighted by molar-refractivity contribution is -0.122. The van der Waals surface area contributed by atoms with Gasteiger partial charge in [0.05, 0.1) is 29.1 Å². The maximum Gasteiger partial charge on any atom is 0.345 e. The van der Waals surface area contributed by atoms with E-state index in [1.165, 1.54) is 28.4 Å². The summed E-state index contributed by atoms with van der Waals surface area (Å²) < 4.78 is 73.7. The van der Waals surface area contributed by atoms with Crippen LogP contribution in [0, 0.1) is 29.1 Å². The molecule has 0 aliphatic heterocycles. The van der Waals surface area contributed by atoms with Gasteiger partial charge >= 0.3 is 6.03 Å². The molecule has 55 heavy (non-hydrogen) atoms. The highest BCUT2D eigenvalue weighted by molar-refractivity contribution is 7.99. The van der Waals surface area contributed by atoms with Crippen LogP contribution >= 0.6 is 11.8 Å². The first-order valence-corrected chi connectivity index (χ1v) is 18.0. The second kappa shape index (κ2) is 18.5. The summed E-state index contributed by atoms with van der Waals surface area (Å²) in [7, 11) is 3.04. The van der Waals surface area contributed by atoms with Gasteiger partial charge in [-0.3, -0.25) is 14.6 Å². The van der Waals surface area contributed by atoms with E-state index in [9.17, 15) is 36.3 Å². The number of pyridine rings is 1. The zero-order chi connectivity index (χ0) is 39.6. The van der Waals surface area contributed by atoms with Gasteiger partial charge in [0.15, 0.2) is 5.75 Å². The number of benzene rings is 3. The van der Waals surface area contributed by atoms with Gasteiger partial charge in [-0.15, -0.1) is 0 Å². The smallest absolute Gasteiger partial charge is 0.345 e. The molecule has 1 atom stereocenters. The maximum atomic E-state index is 13.8. The summed E-state index contributed by atoms with van der Waals surface area (Å²) >= 11 is 1.35. The number of hydrogen-bond acceptors (Lipinski definition) is 7. The van der Waals surface area contributed by atoms with Crippen LogP contribution in [-0.2, 0) is 4.79 Å². The Hall–Kier alpha value is -5.77. The number of carbonyl (C=O) groups excluding carboxylic acids is 3. The molecule has 0 fully saturated rings. The number of nitrogens with one attached hydrogen (secondary N) is 2. The van der Waals surface area contributed by atoms with Gasteiger partial charge in [0.2, 0.25) is 35.0 Å². The number of halogens is 5. The standard InChI is InChI=1S/C39H37F5N6O4S/c1-23(11-5-4-10-20-54-37-35(43)33(41)32(40)34(42)36(37)44)47-31(51)22-49(3)39(53)50-29-21-25(55-30-14-7-6-13-27(30)38(52)45-2)16-17-26(29)28(48-50)18-15-24-12-8-9-19-46-24/h6-9,12-19,21,23H,4-5,10-11,20,22H2,1-3H3,(H,45,52)(H,47,51)/b18-15+. The van der Waals surface area contributed by atoms with E-state index >= 15 is 0 Å². The SMILES string of the molecule is CNC(=O)c1ccccc1Sc1ccc2c(/C=C/c3ccccn3)nn(C(=O)N(C)CC(=O)NC(C)CCCCCOc3c(F)c(F)c(F)c(F)c3F)c2c1. The largest absolute Gasteiger partial charge is 0.487 e. The summed E-state index contributed by atoms with van der Waals surface area (Å²) in [6.07, 6.45) is 6.99. The molecule has 3 amide bonds. The molecule has 10 nitrogen and oxygen atoms in total. The Bertz CT molecular complexity index is 2190. The first-order chi connectivity index (χ1) is 26.4. The summed E-state index contributed by atoms with van der Waals surface area (Å²) in [4.78, 5) is 46.3. The van der Waals surface area contributed by atoms with Crippen LogP contribution in [0.5, 0.6) is 5.75 Å².